The summed E-state index contributed by atoms with van der Waals surface area (Å²) >= 11 is 0. The van der Waals surface area contributed by atoms with Crippen LogP contribution in [-0.4, -0.2) is 73.0 Å². The maximum absolute atomic E-state index is 10.4. The molecule has 0 amide bonds. The van der Waals surface area contributed by atoms with E-state index in [-0.39, 0.29) is 12.3 Å². The van der Waals surface area contributed by atoms with E-state index in [2.05, 4.69) is 4.99 Å². The molecule has 1 aromatic carbocycles. The third-order valence-corrected chi connectivity index (χ3v) is 5.10. The molecule has 5 atom stereocenters. The smallest absolute Gasteiger partial charge is 0.220 e. The second kappa shape index (κ2) is 6.05. The SMILES string of the molecule is COC1=NC2C(CC(O)C(O)C2O)c2cc3c(c(OC)c21)OCCO3. The Hall–Kier alpha value is -2.03. The summed E-state index contributed by atoms with van der Waals surface area (Å²) in [6.07, 6.45) is -3.21. The molecule has 8 nitrogen and oxygen atoms in total. The van der Waals surface area contributed by atoms with Gasteiger partial charge in [-0.1, -0.05) is 0 Å². The summed E-state index contributed by atoms with van der Waals surface area (Å²) in [5.74, 6) is 1.50. The van der Waals surface area contributed by atoms with Crippen LogP contribution in [0.4, 0.5) is 0 Å². The van der Waals surface area contributed by atoms with Gasteiger partial charge in [0.2, 0.25) is 11.6 Å². The maximum Gasteiger partial charge on any atom is 0.220 e. The molecule has 3 aliphatic rings. The number of aliphatic imine (C=N–C) groups is 1. The molecule has 0 aromatic heterocycles. The van der Waals surface area contributed by atoms with Crippen molar-refractivity contribution in [2.24, 2.45) is 4.99 Å². The zero-order chi connectivity index (χ0) is 17.7. The van der Waals surface area contributed by atoms with Crippen molar-refractivity contribution in [3.63, 3.8) is 0 Å². The van der Waals surface area contributed by atoms with E-state index in [0.717, 1.165) is 5.56 Å². The highest BCUT2D eigenvalue weighted by atomic mass is 16.6. The second-order valence-corrected chi connectivity index (χ2v) is 6.42. The number of aliphatic hydroxyl groups is 3. The molecule has 1 saturated carbocycles. The van der Waals surface area contributed by atoms with E-state index in [1.165, 1.54) is 14.2 Å². The molecule has 1 aliphatic carbocycles. The average molecular weight is 351 g/mol. The molecule has 1 fully saturated rings. The van der Waals surface area contributed by atoms with Crippen LogP contribution in [-0.2, 0) is 4.74 Å². The highest BCUT2D eigenvalue weighted by molar-refractivity contribution is 6.01. The van der Waals surface area contributed by atoms with Crippen LogP contribution >= 0.6 is 0 Å². The van der Waals surface area contributed by atoms with Crippen LogP contribution in [0.15, 0.2) is 11.1 Å². The minimum absolute atomic E-state index is 0.263. The van der Waals surface area contributed by atoms with Gasteiger partial charge in [-0.25, -0.2) is 4.99 Å². The standard InChI is InChI=1S/C17H21NO7/c1-22-16-11-7(6-10-15(16)25-4-3-24-10)8-5-9(19)13(20)14(21)12(8)18-17(11)23-2/h6,8-9,12-14,19-21H,3-5H2,1-2H3. The molecule has 1 aromatic rings. The first kappa shape index (κ1) is 16.4. The normalized spacial score (nSPS) is 33.0. The average Bonchev–Trinajstić information content (AvgIpc) is 2.64. The lowest BCUT2D eigenvalue weighted by molar-refractivity contribution is -0.0991. The Balaban J connectivity index is 1.92. The Bertz CT molecular complexity index is 719. The van der Waals surface area contributed by atoms with Crippen LogP contribution in [0.5, 0.6) is 17.2 Å². The van der Waals surface area contributed by atoms with Crippen molar-refractivity contribution >= 4 is 5.90 Å². The lowest BCUT2D eigenvalue weighted by Gasteiger charge is -2.42. The minimum atomic E-state index is -1.25. The number of nitrogens with zero attached hydrogens (tertiary/aromatic N) is 1. The largest absolute Gasteiger partial charge is 0.492 e. The van der Waals surface area contributed by atoms with E-state index in [1.54, 1.807) is 0 Å². The van der Waals surface area contributed by atoms with Crippen LogP contribution in [0, 0.1) is 0 Å². The van der Waals surface area contributed by atoms with Crippen molar-refractivity contribution in [3.05, 3.63) is 17.2 Å². The van der Waals surface area contributed by atoms with Crippen LogP contribution in [0.2, 0.25) is 0 Å². The van der Waals surface area contributed by atoms with E-state index in [9.17, 15) is 15.3 Å². The number of aliphatic hydroxyl groups excluding tert-OH is 3. The van der Waals surface area contributed by atoms with Gasteiger partial charge in [0.25, 0.3) is 0 Å². The van der Waals surface area contributed by atoms with Crippen LogP contribution < -0.4 is 14.2 Å². The number of methoxy groups -OCH3 is 2. The lowest BCUT2D eigenvalue weighted by Crippen LogP contribution is -2.53. The number of fused-ring (bicyclic) bond motifs is 4. The number of ether oxygens (including phenoxy) is 4. The van der Waals surface area contributed by atoms with Crippen molar-refractivity contribution in [3.8, 4) is 17.2 Å². The summed E-state index contributed by atoms with van der Waals surface area (Å²) in [6.45, 7) is 0.843. The van der Waals surface area contributed by atoms with Crippen molar-refractivity contribution in [1.82, 2.24) is 0 Å². The monoisotopic (exact) mass is 351 g/mol. The fraction of sp³-hybridized carbons (Fsp3) is 0.588. The van der Waals surface area contributed by atoms with Crippen LogP contribution in [0.25, 0.3) is 0 Å². The van der Waals surface area contributed by atoms with Crippen LogP contribution in [0.1, 0.15) is 23.5 Å². The number of rotatable bonds is 1. The molecule has 2 aliphatic heterocycles. The highest BCUT2D eigenvalue weighted by Crippen LogP contribution is 2.50. The molecule has 136 valence electrons. The molecule has 8 heteroatoms. The quantitative estimate of drug-likeness (QED) is 0.643. The summed E-state index contributed by atoms with van der Waals surface area (Å²) in [4.78, 5) is 4.48. The summed E-state index contributed by atoms with van der Waals surface area (Å²) in [5, 5.41) is 30.5. The fourth-order valence-electron chi connectivity index (χ4n) is 3.92. The van der Waals surface area contributed by atoms with Crippen molar-refractivity contribution in [1.29, 1.82) is 0 Å². The maximum atomic E-state index is 10.4. The van der Waals surface area contributed by atoms with E-state index in [0.29, 0.717) is 41.9 Å². The summed E-state index contributed by atoms with van der Waals surface area (Å²) in [6, 6.07) is 1.21. The molecular formula is C17H21NO7. The van der Waals surface area contributed by atoms with Gasteiger partial charge in [0.15, 0.2) is 11.5 Å². The molecular weight excluding hydrogens is 330 g/mol. The molecule has 2 heterocycles. The molecule has 5 unspecified atom stereocenters. The zero-order valence-electron chi connectivity index (χ0n) is 14.0. The van der Waals surface area contributed by atoms with Gasteiger partial charge in [-0.2, -0.15) is 0 Å². The zero-order valence-corrected chi connectivity index (χ0v) is 14.0. The van der Waals surface area contributed by atoms with E-state index >= 15 is 0 Å². The van der Waals surface area contributed by atoms with Gasteiger partial charge in [-0.3, -0.25) is 0 Å². The summed E-state index contributed by atoms with van der Waals surface area (Å²) in [7, 11) is 3.02. The van der Waals surface area contributed by atoms with E-state index in [4.69, 9.17) is 18.9 Å². The second-order valence-electron chi connectivity index (χ2n) is 6.42. The van der Waals surface area contributed by atoms with E-state index < -0.39 is 24.4 Å². The predicted octanol–water partition coefficient (Wildman–Crippen LogP) is -0.188. The summed E-state index contributed by atoms with van der Waals surface area (Å²) in [5.41, 5.74) is 1.43. The molecule has 0 bridgehead atoms. The first-order valence-electron chi connectivity index (χ1n) is 8.23. The Morgan fingerprint density at radius 1 is 1.08 bits per heavy atom. The molecule has 3 N–H and O–H groups in total. The highest BCUT2D eigenvalue weighted by Gasteiger charge is 2.48. The van der Waals surface area contributed by atoms with Gasteiger partial charge in [-0.05, 0) is 18.1 Å². The Morgan fingerprint density at radius 2 is 1.84 bits per heavy atom. The van der Waals surface area contributed by atoms with Gasteiger partial charge < -0.3 is 34.3 Å². The number of hydrogen-bond acceptors (Lipinski definition) is 8. The minimum Gasteiger partial charge on any atom is -0.492 e. The molecule has 4 rings (SSSR count). The van der Waals surface area contributed by atoms with Gasteiger partial charge >= 0.3 is 0 Å². The molecule has 0 radical (unpaired) electrons. The third kappa shape index (κ3) is 2.36. The molecule has 25 heavy (non-hydrogen) atoms. The Morgan fingerprint density at radius 3 is 2.56 bits per heavy atom. The Kier molecular flexibility index (Phi) is 3.98. The van der Waals surface area contributed by atoms with Gasteiger partial charge in [-0.15, -0.1) is 0 Å². The Labute approximate surface area is 144 Å². The van der Waals surface area contributed by atoms with Crippen molar-refractivity contribution < 1.29 is 34.3 Å². The van der Waals surface area contributed by atoms with E-state index in [1.807, 2.05) is 6.07 Å². The lowest BCUT2D eigenvalue weighted by atomic mass is 9.73. The van der Waals surface area contributed by atoms with Crippen molar-refractivity contribution in [2.75, 3.05) is 27.4 Å². The molecule has 0 spiro atoms. The third-order valence-electron chi connectivity index (χ3n) is 5.10. The van der Waals surface area contributed by atoms with Crippen molar-refractivity contribution in [2.45, 2.75) is 36.7 Å². The molecule has 0 saturated heterocycles. The summed E-state index contributed by atoms with van der Waals surface area (Å²) < 4.78 is 22.4. The first-order chi connectivity index (χ1) is 12.1. The van der Waals surface area contributed by atoms with Gasteiger partial charge in [0.05, 0.1) is 31.9 Å². The first-order valence-corrected chi connectivity index (χ1v) is 8.23. The predicted molar refractivity (Wildman–Crippen MR) is 86.7 cm³/mol. The number of benzene rings is 1. The topological polar surface area (TPSA) is 110 Å². The number of hydrogen-bond donors (Lipinski definition) is 3. The van der Waals surface area contributed by atoms with Gasteiger partial charge in [0.1, 0.15) is 25.4 Å². The van der Waals surface area contributed by atoms with Crippen LogP contribution in [0.3, 0.4) is 0 Å². The van der Waals surface area contributed by atoms with Gasteiger partial charge in [0, 0.05) is 5.92 Å². The fourth-order valence-corrected chi connectivity index (χ4v) is 3.92.